The van der Waals surface area contributed by atoms with Crippen LogP contribution in [0, 0.1) is 16.7 Å². The molecule has 0 aliphatic rings. The van der Waals surface area contributed by atoms with E-state index in [-0.39, 0.29) is 25.3 Å². The summed E-state index contributed by atoms with van der Waals surface area (Å²) in [5.74, 6) is -1.16. The van der Waals surface area contributed by atoms with Crippen LogP contribution in [0.4, 0.5) is 0 Å². The van der Waals surface area contributed by atoms with Crippen molar-refractivity contribution in [2.75, 3.05) is 20.3 Å². The topological polar surface area (TPSA) is 120 Å². The Morgan fingerprint density at radius 2 is 2.27 bits per heavy atom. The van der Waals surface area contributed by atoms with Gasteiger partial charge in [0.2, 0.25) is 5.91 Å². The number of hydrogen-bond donors (Lipinski definition) is 1. The van der Waals surface area contributed by atoms with Gasteiger partial charge in [0.05, 0.1) is 49.6 Å². The highest BCUT2D eigenvalue weighted by Crippen LogP contribution is 2.20. The number of hydrogen-bond acceptors (Lipinski definition) is 6. The van der Waals surface area contributed by atoms with Crippen LogP contribution >= 0.6 is 0 Å². The number of esters is 1. The van der Waals surface area contributed by atoms with E-state index in [4.69, 9.17) is 15.7 Å². The van der Waals surface area contributed by atoms with Crippen LogP contribution in [0.25, 0.3) is 0 Å². The number of methoxy groups -OCH3 is 1. The van der Waals surface area contributed by atoms with Crippen molar-refractivity contribution in [2.24, 2.45) is 11.1 Å². The molecule has 0 bridgehead atoms. The zero-order valence-electron chi connectivity index (χ0n) is 12.5. The highest BCUT2D eigenvalue weighted by molar-refractivity contribution is 5.87. The Kier molecular flexibility index (Phi) is 5.83. The second-order valence-electron chi connectivity index (χ2n) is 5.05. The van der Waals surface area contributed by atoms with Gasteiger partial charge < -0.3 is 15.2 Å². The molecule has 2 N–H and O–H groups in total. The van der Waals surface area contributed by atoms with Crippen molar-refractivity contribution < 1.29 is 19.1 Å². The summed E-state index contributed by atoms with van der Waals surface area (Å²) in [6, 6.07) is 1.95. The lowest BCUT2D eigenvalue weighted by atomic mass is 9.91. The standard InChI is InChI=1S/C14H18N4O4/c1-10(12(19)21-3)7-22-9-14(2,13(16)20)8-18-6-11(4-15)5-17-18/h5-6H,1,7-9H2,2-3H3,(H2,16,20)/t14-/m1/s1. The molecule has 8 nitrogen and oxygen atoms in total. The van der Waals surface area contributed by atoms with Crippen molar-refractivity contribution in [1.29, 1.82) is 5.26 Å². The average Bonchev–Trinajstić information content (AvgIpc) is 2.93. The first-order valence-corrected chi connectivity index (χ1v) is 6.38. The highest BCUT2D eigenvalue weighted by atomic mass is 16.5. The zero-order chi connectivity index (χ0) is 16.8. The van der Waals surface area contributed by atoms with Crippen molar-refractivity contribution in [2.45, 2.75) is 13.5 Å². The Morgan fingerprint density at radius 3 is 2.77 bits per heavy atom. The maximum Gasteiger partial charge on any atom is 0.335 e. The van der Waals surface area contributed by atoms with Crippen LogP contribution < -0.4 is 5.73 Å². The molecule has 0 aliphatic carbocycles. The molecule has 1 heterocycles. The Hall–Kier alpha value is -2.66. The minimum atomic E-state index is -1.05. The van der Waals surface area contributed by atoms with E-state index in [0.717, 1.165) is 0 Å². The predicted molar refractivity (Wildman–Crippen MR) is 76.2 cm³/mol. The van der Waals surface area contributed by atoms with Crippen molar-refractivity contribution >= 4 is 11.9 Å². The van der Waals surface area contributed by atoms with E-state index in [1.807, 2.05) is 6.07 Å². The number of rotatable bonds is 8. The number of primary amides is 1. The molecule has 1 aromatic rings. The molecule has 8 heteroatoms. The molecule has 0 aromatic carbocycles. The summed E-state index contributed by atoms with van der Waals surface area (Å²) in [5.41, 5.74) is 4.90. The zero-order valence-corrected chi connectivity index (χ0v) is 12.5. The molecule has 0 radical (unpaired) electrons. The maximum absolute atomic E-state index is 11.7. The molecular formula is C14H18N4O4. The molecule has 118 valence electrons. The summed E-state index contributed by atoms with van der Waals surface area (Å²) in [4.78, 5) is 22.9. The van der Waals surface area contributed by atoms with Gasteiger partial charge in [-0.3, -0.25) is 9.48 Å². The van der Waals surface area contributed by atoms with E-state index in [9.17, 15) is 9.59 Å². The highest BCUT2D eigenvalue weighted by Gasteiger charge is 2.33. The van der Waals surface area contributed by atoms with Crippen LogP contribution in [0.2, 0.25) is 0 Å². The number of nitrogens with two attached hydrogens (primary N) is 1. The number of nitriles is 1. The van der Waals surface area contributed by atoms with E-state index in [0.29, 0.717) is 5.56 Å². The van der Waals surface area contributed by atoms with Crippen molar-refractivity contribution in [1.82, 2.24) is 9.78 Å². The monoisotopic (exact) mass is 306 g/mol. The van der Waals surface area contributed by atoms with E-state index in [2.05, 4.69) is 16.4 Å². The number of amides is 1. The first kappa shape index (κ1) is 17.4. The quantitative estimate of drug-likeness (QED) is 0.533. The van der Waals surface area contributed by atoms with Gasteiger partial charge >= 0.3 is 5.97 Å². The van der Waals surface area contributed by atoms with E-state index in [1.54, 1.807) is 6.92 Å². The van der Waals surface area contributed by atoms with Gasteiger partial charge in [0.25, 0.3) is 0 Å². The third-order valence-electron chi connectivity index (χ3n) is 3.04. The van der Waals surface area contributed by atoms with E-state index >= 15 is 0 Å². The lowest BCUT2D eigenvalue weighted by Gasteiger charge is -2.25. The number of carbonyl (C=O) groups is 2. The minimum absolute atomic E-state index is 0.0277. The summed E-state index contributed by atoms with van der Waals surface area (Å²) in [6.45, 7) is 5.18. The van der Waals surface area contributed by atoms with E-state index < -0.39 is 17.3 Å². The van der Waals surface area contributed by atoms with Crippen LogP contribution in [-0.2, 0) is 25.6 Å². The van der Waals surface area contributed by atoms with Gasteiger partial charge in [-0.2, -0.15) is 10.4 Å². The maximum atomic E-state index is 11.7. The third-order valence-corrected chi connectivity index (χ3v) is 3.04. The average molecular weight is 306 g/mol. The van der Waals surface area contributed by atoms with Gasteiger partial charge in [0.15, 0.2) is 0 Å². The second kappa shape index (κ2) is 7.38. The van der Waals surface area contributed by atoms with Crippen LogP contribution in [0.1, 0.15) is 12.5 Å². The smallest absolute Gasteiger partial charge is 0.335 e. The van der Waals surface area contributed by atoms with E-state index in [1.165, 1.54) is 24.2 Å². The molecule has 0 spiro atoms. The number of carbonyl (C=O) groups excluding carboxylic acids is 2. The summed E-state index contributed by atoms with van der Waals surface area (Å²) in [5, 5.41) is 12.7. The van der Waals surface area contributed by atoms with Gasteiger partial charge in [-0.25, -0.2) is 4.79 Å². The van der Waals surface area contributed by atoms with Gasteiger partial charge in [-0.05, 0) is 6.92 Å². The van der Waals surface area contributed by atoms with Gasteiger partial charge in [0.1, 0.15) is 6.07 Å². The molecule has 0 saturated heterocycles. The number of nitrogens with zero attached hydrogens (tertiary/aromatic N) is 3. The first-order chi connectivity index (χ1) is 10.3. The molecule has 1 atom stereocenters. The molecule has 1 amide bonds. The lowest BCUT2D eigenvalue weighted by Crippen LogP contribution is -2.42. The number of aromatic nitrogens is 2. The van der Waals surface area contributed by atoms with Gasteiger partial charge in [-0.1, -0.05) is 6.58 Å². The predicted octanol–water partition coefficient (Wildman–Crippen LogP) is -0.00782. The van der Waals surface area contributed by atoms with Crippen LogP contribution in [0.5, 0.6) is 0 Å². The first-order valence-electron chi connectivity index (χ1n) is 6.38. The Bertz CT molecular complexity index is 617. The van der Waals surface area contributed by atoms with Crippen molar-refractivity contribution in [3.8, 4) is 6.07 Å². The molecule has 22 heavy (non-hydrogen) atoms. The van der Waals surface area contributed by atoms with Gasteiger partial charge in [0, 0.05) is 6.20 Å². The Balaban J connectivity index is 2.67. The molecule has 1 rings (SSSR count). The Labute approximate surface area is 128 Å². The Morgan fingerprint density at radius 1 is 1.59 bits per heavy atom. The molecule has 0 fully saturated rings. The second-order valence-corrected chi connectivity index (χ2v) is 5.05. The van der Waals surface area contributed by atoms with Crippen molar-refractivity contribution in [3.05, 3.63) is 30.1 Å². The summed E-state index contributed by atoms with van der Waals surface area (Å²) in [7, 11) is 1.24. The molecule has 0 aliphatic heterocycles. The fourth-order valence-electron chi connectivity index (χ4n) is 1.66. The lowest BCUT2D eigenvalue weighted by molar-refractivity contribution is -0.137. The van der Waals surface area contributed by atoms with Crippen LogP contribution in [0.15, 0.2) is 24.5 Å². The fourth-order valence-corrected chi connectivity index (χ4v) is 1.66. The van der Waals surface area contributed by atoms with Crippen LogP contribution in [0.3, 0.4) is 0 Å². The fraction of sp³-hybridized carbons (Fsp3) is 0.429. The third kappa shape index (κ3) is 4.43. The normalized spacial score (nSPS) is 13.0. The van der Waals surface area contributed by atoms with Gasteiger partial charge in [-0.15, -0.1) is 0 Å². The molecular weight excluding hydrogens is 288 g/mol. The molecule has 0 unspecified atom stereocenters. The minimum Gasteiger partial charge on any atom is -0.466 e. The SMILES string of the molecule is C=C(COC[C@@](C)(Cn1cc(C#N)cn1)C(N)=O)C(=O)OC. The molecule has 0 saturated carbocycles. The largest absolute Gasteiger partial charge is 0.466 e. The number of ether oxygens (including phenoxy) is 2. The summed E-state index contributed by atoms with van der Waals surface area (Å²) >= 11 is 0. The van der Waals surface area contributed by atoms with Crippen LogP contribution in [-0.4, -0.2) is 42.0 Å². The summed E-state index contributed by atoms with van der Waals surface area (Å²) < 4.78 is 11.3. The molecule has 1 aromatic heterocycles. The van der Waals surface area contributed by atoms with Crippen molar-refractivity contribution in [3.63, 3.8) is 0 Å². The summed E-state index contributed by atoms with van der Waals surface area (Å²) in [6.07, 6.45) is 2.90.